The second kappa shape index (κ2) is 9.70. The van der Waals surface area contributed by atoms with Gasteiger partial charge >= 0.3 is 0 Å². The average molecular weight is 529 g/mol. The number of H-pyrrole nitrogens is 1. The number of fused-ring (bicyclic) bond motifs is 2. The van der Waals surface area contributed by atoms with Gasteiger partial charge in [0.1, 0.15) is 0 Å². The summed E-state index contributed by atoms with van der Waals surface area (Å²) in [4.78, 5) is 13.6. The van der Waals surface area contributed by atoms with E-state index in [0.29, 0.717) is 23.9 Å². The van der Waals surface area contributed by atoms with Gasteiger partial charge in [0.05, 0.1) is 5.41 Å². The molecule has 1 aliphatic heterocycles. The summed E-state index contributed by atoms with van der Waals surface area (Å²) in [6, 6.07) is 14.4. The molecule has 0 saturated heterocycles. The molecular formula is C30H36N6O3. The molecule has 0 radical (unpaired) electrons. The Kier molecular flexibility index (Phi) is 6.32. The number of carbonyl (C=O) groups excluding carboxylic acids is 1. The molecule has 1 saturated carbocycles. The van der Waals surface area contributed by atoms with Crippen LogP contribution in [0.1, 0.15) is 76.4 Å². The van der Waals surface area contributed by atoms with Gasteiger partial charge in [-0.15, -0.1) is 10.2 Å². The lowest BCUT2D eigenvalue weighted by Gasteiger charge is -2.32. The zero-order valence-electron chi connectivity index (χ0n) is 23.1. The molecule has 9 heteroatoms. The summed E-state index contributed by atoms with van der Waals surface area (Å²) in [5.74, 6) is 2.56. The summed E-state index contributed by atoms with van der Waals surface area (Å²) in [6.45, 7) is 10.2. The number of benzene rings is 2. The minimum atomic E-state index is -0.518. The predicted molar refractivity (Wildman–Crippen MR) is 149 cm³/mol. The van der Waals surface area contributed by atoms with Crippen molar-refractivity contribution in [3.05, 3.63) is 59.5 Å². The SMILES string of the molecule is CCCC(c1cc2cc(NC(=O)C3(c4ccc5c(c4)OCO5)CC3)ccc2n1CCc1nn[nH]n1)C(C)(C)C. The molecule has 2 aromatic heterocycles. The number of carbonyl (C=O) groups is 1. The summed E-state index contributed by atoms with van der Waals surface area (Å²) >= 11 is 0. The van der Waals surface area contributed by atoms with Gasteiger partial charge in [0.25, 0.3) is 0 Å². The number of amides is 1. The van der Waals surface area contributed by atoms with Crippen molar-refractivity contribution in [2.75, 3.05) is 12.1 Å². The highest BCUT2D eigenvalue weighted by molar-refractivity contribution is 6.02. The van der Waals surface area contributed by atoms with Crippen molar-refractivity contribution in [3.8, 4) is 11.5 Å². The molecule has 2 N–H and O–H groups in total. The number of hydrogen-bond donors (Lipinski definition) is 2. The van der Waals surface area contributed by atoms with Gasteiger partial charge in [-0.3, -0.25) is 4.79 Å². The first kappa shape index (κ1) is 25.4. The topological polar surface area (TPSA) is 107 Å². The van der Waals surface area contributed by atoms with Gasteiger partial charge in [-0.05, 0) is 66.6 Å². The fourth-order valence-corrected chi connectivity index (χ4v) is 5.94. The van der Waals surface area contributed by atoms with Crippen molar-refractivity contribution in [1.29, 1.82) is 0 Å². The molecule has 1 amide bonds. The quantitative estimate of drug-likeness (QED) is 0.288. The number of nitrogens with one attached hydrogen (secondary N) is 2. The molecule has 0 bridgehead atoms. The Hall–Kier alpha value is -3.88. The Labute approximate surface area is 228 Å². The molecule has 9 nitrogen and oxygen atoms in total. The van der Waals surface area contributed by atoms with E-state index in [2.05, 4.69) is 76.4 Å². The summed E-state index contributed by atoms with van der Waals surface area (Å²) < 4.78 is 13.4. The largest absolute Gasteiger partial charge is 0.454 e. The fraction of sp³-hybridized carbons (Fsp3) is 0.467. The van der Waals surface area contributed by atoms with Crippen LogP contribution in [0.5, 0.6) is 11.5 Å². The molecule has 4 aromatic rings. The molecule has 39 heavy (non-hydrogen) atoms. The smallest absolute Gasteiger partial charge is 0.235 e. The maximum Gasteiger partial charge on any atom is 0.235 e. The van der Waals surface area contributed by atoms with Gasteiger partial charge in [-0.1, -0.05) is 45.4 Å². The molecule has 2 aliphatic rings. The van der Waals surface area contributed by atoms with Crippen molar-refractivity contribution >= 4 is 22.5 Å². The first-order valence-electron chi connectivity index (χ1n) is 13.9. The number of aryl methyl sites for hydroxylation is 2. The molecule has 0 spiro atoms. The van der Waals surface area contributed by atoms with Gasteiger partial charge in [0.15, 0.2) is 17.3 Å². The van der Waals surface area contributed by atoms with E-state index in [1.165, 1.54) is 5.69 Å². The molecule has 1 fully saturated rings. The second-order valence-corrected chi connectivity index (χ2v) is 11.9. The molecule has 2 aromatic carbocycles. The van der Waals surface area contributed by atoms with Crippen LogP contribution in [0.15, 0.2) is 42.5 Å². The Bertz CT molecular complexity index is 1500. The van der Waals surface area contributed by atoms with Crippen molar-refractivity contribution < 1.29 is 14.3 Å². The second-order valence-electron chi connectivity index (χ2n) is 11.9. The van der Waals surface area contributed by atoms with Gasteiger partial charge in [-0.25, -0.2) is 0 Å². The maximum atomic E-state index is 13.6. The number of aromatic amines is 1. The number of aromatic nitrogens is 5. The predicted octanol–water partition coefficient (Wildman–Crippen LogP) is 5.73. The molecular weight excluding hydrogens is 492 g/mol. The van der Waals surface area contributed by atoms with Crippen LogP contribution in [0.4, 0.5) is 5.69 Å². The van der Waals surface area contributed by atoms with Gasteiger partial charge in [0, 0.05) is 41.2 Å². The molecule has 204 valence electrons. The third kappa shape index (κ3) is 4.75. The number of anilines is 1. The first-order chi connectivity index (χ1) is 18.8. The maximum absolute atomic E-state index is 13.6. The van der Waals surface area contributed by atoms with E-state index in [4.69, 9.17) is 9.47 Å². The number of hydrogen-bond acceptors (Lipinski definition) is 6. The highest BCUT2D eigenvalue weighted by atomic mass is 16.7. The summed E-state index contributed by atoms with van der Waals surface area (Å²) in [7, 11) is 0. The summed E-state index contributed by atoms with van der Waals surface area (Å²) in [6.07, 6.45) is 4.54. The zero-order chi connectivity index (χ0) is 27.2. The lowest BCUT2D eigenvalue weighted by molar-refractivity contribution is -0.118. The summed E-state index contributed by atoms with van der Waals surface area (Å²) in [5.41, 5.74) is 3.83. The third-order valence-electron chi connectivity index (χ3n) is 8.23. The van der Waals surface area contributed by atoms with Crippen LogP contribution in [0.2, 0.25) is 0 Å². The lowest BCUT2D eigenvalue weighted by Crippen LogP contribution is -2.27. The standard InChI is InChI=1S/C30H36N6O3/c1-5-6-22(29(2,3)4)24-16-19-15-21(8-9-23(19)36(24)14-11-27-32-34-35-33-27)31-28(37)30(12-13-30)20-7-10-25-26(17-20)39-18-38-25/h7-10,15-17,22H,5-6,11-14,18H2,1-4H3,(H,31,37)(H,32,33,34,35). The Morgan fingerprint density at radius 2 is 1.95 bits per heavy atom. The number of tetrazole rings is 1. The van der Waals surface area contributed by atoms with Crippen LogP contribution in [0.3, 0.4) is 0 Å². The van der Waals surface area contributed by atoms with Gasteiger partial charge in [-0.2, -0.15) is 5.21 Å². The van der Waals surface area contributed by atoms with Crippen LogP contribution in [-0.2, 0) is 23.2 Å². The fourth-order valence-electron chi connectivity index (χ4n) is 5.94. The van der Waals surface area contributed by atoms with Crippen molar-refractivity contribution in [1.82, 2.24) is 25.2 Å². The molecule has 1 aliphatic carbocycles. The summed E-state index contributed by atoms with van der Waals surface area (Å²) in [5, 5.41) is 18.9. The Morgan fingerprint density at radius 3 is 2.67 bits per heavy atom. The number of ether oxygens (including phenoxy) is 2. The zero-order valence-corrected chi connectivity index (χ0v) is 23.1. The number of rotatable bonds is 9. The third-order valence-corrected chi connectivity index (χ3v) is 8.23. The monoisotopic (exact) mass is 528 g/mol. The van der Waals surface area contributed by atoms with Crippen LogP contribution >= 0.6 is 0 Å². The van der Waals surface area contributed by atoms with E-state index >= 15 is 0 Å². The van der Waals surface area contributed by atoms with Gasteiger partial charge in [0.2, 0.25) is 12.7 Å². The van der Waals surface area contributed by atoms with E-state index in [1.807, 2.05) is 24.3 Å². The van der Waals surface area contributed by atoms with Crippen molar-refractivity contribution in [2.45, 2.75) is 77.7 Å². The number of nitrogens with zero attached hydrogens (tertiary/aromatic N) is 4. The molecule has 1 atom stereocenters. The van der Waals surface area contributed by atoms with Crippen LogP contribution < -0.4 is 14.8 Å². The van der Waals surface area contributed by atoms with E-state index in [0.717, 1.165) is 60.1 Å². The minimum absolute atomic E-state index is 0.0241. The lowest BCUT2D eigenvalue weighted by atomic mass is 9.76. The molecule has 1 unspecified atom stereocenters. The van der Waals surface area contributed by atoms with Crippen LogP contribution in [0, 0.1) is 5.41 Å². The Morgan fingerprint density at radius 1 is 1.13 bits per heavy atom. The van der Waals surface area contributed by atoms with Crippen molar-refractivity contribution in [3.63, 3.8) is 0 Å². The molecule has 6 rings (SSSR count). The Balaban J connectivity index is 1.30. The molecule has 3 heterocycles. The van der Waals surface area contributed by atoms with Gasteiger partial charge < -0.3 is 19.4 Å². The highest BCUT2D eigenvalue weighted by Gasteiger charge is 2.51. The van der Waals surface area contributed by atoms with E-state index < -0.39 is 5.41 Å². The minimum Gasteiger partial charge on any atom is -0.454 e. The van der Waals surface area contributed by atoms with Crippen LogP contribution in [-0.4, -0.2) is 37.9 Å². The van der Waals surface area contributed by atoms with Crippen LogP contribution in [0.25, 0.3) is 10.9 Å². The normalized spacial score (nSPS) is 16.4. The highest BCUT2D eigenvalue weighted by Crippen LogP contribution is 2.51. The first-order valence-corrected chi connectivity index (χ1v) is 13.9. The van der Waals surface area contributed by atoms with E-state index in [-0.39, 0.29) is 18.1 Å². The average Bonchev–Trinajstić information content (AvgIpc) is 3.21. The van der Waals surface area contributed by atoms with E-state index in [9.17, 15) is 4.79 Å². The van der Waals surface area contributed by atoms with E-state index in [1.54, 1.807) is 0 Å². The van der Waals surface area contributed by atoms with Crippen molar-refractivity contribution in [2.24, 2.45) is 5.41 Å².